The number of carbonyl (C=O) groups excluding carboxylic acids is 2. The standard InChI is InChI=1S/C25H26O6/c1-4-29-23(26)25(24(27)30-5-2)14-18-16-10-6-9-13-21(16)31-15-19(18)22(25)17-11-7-8-12-20(17)28-3/h6-13,18H,4-5,14-15H2,1-3H3. The summed E-state index contributed by atoms with van der Waals surface area (Å²) >= 11 is 0. The number of esters is 2. The van der Waals surface area contributed by atoms with Crippen LogP contribution in [0.2, 0.25) is 0 Å². The van der Waals surface area contributed by atoms with Crippen LogP contribution in [0, 0.1) is 5.41 Å². The molecule has 0 radical (unpaired) electrons. The van der Waals surface area contributed by atoms with Crippen molar-refractivity contribution in [3.63, 3.8) is 0 Å². The lowest BCUT2D eigenvalue weighted by molar-refractivity contribution is -0.167. The molecular formula is C25H26O6. The minimum absolute atomic E-state index is 0.159. The van der Waals surface area contributed by atoms with Gasteiger partial charge in [0.15, 0.2) is 5.41 Å². The average molecular weight is 422 g/mol. The van der Waals surface area contributed by atoms with Crippen LogP contribution in [0.1, 0.15) is 37.3 Å². The van der Waals surface area contributed by atoms with E-state index in [0.717, 1.165) is 16.9 Å². The van der Waals surface area contributed by atoms with Crippen molar-refractivity contribution in [1.29, 1.82) is 0 Å². The van der Waals surface area contributed by atoms with Crippen molar-refractivity contribution in [3.05, 3.63) is 65.2 Å². The smallest absolute Gasteiger partial charge is 0.328 e. The molecule has 0 spiro atoms. The number of hydrogen-bond donors (Lipinski definition) is 0. The van der Waals surface area contributed by atoms with E-state index in [1.165, 1.54) is 0 Å². The van der Waals surface area contributed by atoms with Crippen LogP contribution in [0.3, 0.4) is 0 Å². The van der Waals surface area contributed by atoms with Crippen LogP contribution >= 0.6 is 0 Å². The Morgan fingerprint density at radius 2 is 1.65 bits per heavy atom. The van der Waals surface area contributed by atoms with Crippen LogP contribution in [-0.4, -0.2) is 38.9 Å². The Kier molecular flexibility index (Phi) is 5.72. The molecule has 0 bridgehead atoms. The van der Waals surface area contributed by atoms with Gasteiger partial charge in [0.25, 0.3) is 0 Å². The molecular weight excluding hydrogens is 396 g/mol. The molecule has 0 amide bonds. The first-order chi connectivity index (χ1) is 15.1. The van der Waals surface area contributed by atoms with E-state index in [-0.39, 0.29) is 32.2 Å². The normalized spacial score (nSPS) is 18.5. The van der Waals surface area contributed by atoms with Crippen LogP contribution < -0.4 is 9.47 Å². The fraction of sp³-hybridized carbons (Fsp3) is 0.360. The molecule has 2 aromatic rings. The van der Waals surface area contributed by atoms with Gasteiger partial charge in [0.1, 0.15) is 18.1 Å². The Labute approximate surface area is 181 Å². The lowest BCUT2D eigenvalue weighted by atomic mass is 9.76. The Morgan fingerprint density at radius 3 is 2.32 bits per heavy atom. The molecule has 6 nitrogen and oxygen atoms in total. The second-order valence-corrected chi connectivity index (χ2v) is 7.53. The van der Waals surface area contributed by atoms with Crippen molar-refractivity contribution >= 4 is 17.5 Å². The van der Waals surface area contributed by atoms with Gasteiger partial charge in [0.05, 0.1) is 20.3 Å². The minimum Gasteiger partial charge on any atom is -0.496 e. The van der Waals surface area contributed by atoms with Gasteiger partial charge in [-0.25, -0.2) is 0 Å². The molecule has 1 aliphatic carbocycles. The van der Waals surface area contributed by atoms with Crippen molar-refractivity contribution in [1.82, 2.24) is 0 Å². The van der Waals surface area contributed by atoms with Crippen LogP contribution in [-0.2, 0) is 19.1 Å². The van der Waals surface area contributed by atoms with Gasteiger partial charge in [0.2, 0.25) is 0 Å². The zero-order valence-electron chi connectivity index (χ0n) is 18.0. The molecule has 1 atom stereocenters. The second-order valence-electron chi connectivity index (χ2n) is 7.53. The number of carbonyl (C=O) groups is 2. The van der Waals surface area contributed by atoms with E-state index in [2.05, 4.69) is 0 Å². The predicted octanol–water partition coefficient (Wildman–Crippen LogP) is 4.14. The highest BCUT2D eigenvalue weighted by atomic mass is 16.6. The number of fused-ring (bicyclic) bond motifs is 3. The maximum absolute atomic E-state index is 13.5. The summed E-state index contributed by atoms with van der Waals surface area (Å²) in [7, 11) is 1.57. The van der Waals surface area contributed by atoms with E-state index >= 15 is 0 Å². The first-order valence-electron chi connectivity index (χ1n) is 10.5. The number of rotatable bonds is 6. The Bertz CT molecular complexity index is 1020. The third-order valence-electron chi connectivity index (χ3n) is 5.98. The van der Waals surface area contributed by atoms with Gasteiger partial charge < -0.3 is 18.9 Å². The summed E-state index contributed by atoms with van der Waals surface area (Å²) in [6.07, 6.45) is 0.230. The van der Waals surface area contributed by atoms with Gasteiger partial charge in [-0.3, -0.25) is 9.59 Å². The zero-order chi connectivity index (χ0) is 22.0. The van der Waals surface area contributed by atoms with Crippen LogP contribution in [0.5, 0.6) is 11.5 Å². The zero-order valence-corrected chi connectivity index (χ0v) is 18.0. The number of para-hydroxylation sites is 2. The van der Waals surface area contributed by atoms with Gasteiger partial charge in [-0.1, -0.05) is 36.4 Å². The van der Waals surface area contributed by atoms with E-state index in [1.54, 1.807) is 21.0 Å². The van der Waals surface area contributed by atoms with Crippen LogP contribution in [0.4, 0.5) is 0 Å². The monoisotopic (exact) mass is 422 g/mol. The summed E-state index contributed by atoms with van der Waals surface area (Å²) in [5.41, 5.74) is 1.48. The van der Waals surface area contributed by atoms with E-state index in [4.69, 9.17) is 18.9 Å². The first-order valence-corrected chi connectivity index (χ1v) is 10.5. The summed E-state index contributed by atoms with van der Waals surface area (Å²) in [4.78, 5) is 27.0. The quantitative estimate of drug-likeness (QED) is 0.515. The number of methoxy groups -OCH3 is 1. The first kappa shape index (κ1) is 21.0. The van der Waals surface area contributed by atoms with Crippen molar-refractivity contribution in [2.24, 2.45) is 5.41 Å². The fourth-order valence-electron chi connectivity index (χ4n) is 4.72. The van der Waals surface area contributed by atoms with Crippen molar-refractivity contribution < 1.29 is 28.5 Å². The molecule has 4 rings (SSSR count). The maximum atomic E-state index is 13.5. The second kappa shape index (κ2) is 8.46. The highest BCUT2D eigenvalue weighted by molar-refractivity contribution is 6.14. The summed E-state index contributed by atoms with van der Waals surface area (Å²) in [6, 6.07) is 15.1. The van der Waals surface area contributed by atoms with Gasteiger partial charge in [0, 0.05) is 17.0 Å². The van der Waals surface area contributed by atoms with Crippen LogP contribution in [0.15, 0.2) is 54.1 Å². The third-order valence-corrected chi connectivity index (χ3v) is 5.98. The van der Waals surface area contributed by atoms with Crippen LogP contribution in [0.25, 0.3) is 5.57 Å². The lowest BCUT2D eigenvalue weighted by Crippen LogP contribution is -2.42. The Balaban J connectivity index is 2.01. The summed E-state index contributed by atoms with van der Waals surface area (Å²) in [5, 5.41) is 0. The Hall–Kier alpha value is -3.28. The Morgan fingerprint density at radius 1 is 1.00 bits per heavy atom. The number of ether oxygens (including phenoxy) is 4. The molecule has 0 aromatic heterocycles. The van der Waals surface area contributed by atoms with Crippen molar-refractivity contribution in [3.8, 4) is 11.5 Å². The molecule has 0 N–H and O–H groups in total. The average Bonchev–Trinajstić information content (AvgIpc) is 3.16. The summed E-state index contributed by atoms with van der Waals surface area (Å²) in [5.74, 6) is -0.0391. The molecule has 162 valence electrons. The molecule has 1 heterocycles. The molecule has 2 aromatic carbocycles. The van der Waals surface area contributed by atoms with E-state index < -0.39 is 17.4 Å². The third kappa shape index (κ3) is 3.26. The SMILES string of the molecule is CCOC(=O)C1(C(=O)OCC)CC2C(=C1c1ccccc1OC)COc1ccccc12. The molecule has 0 saturated carbocycles. The van der Waals surface area contributed by atoms with Gasteiger partial charge in [-0.15, -0.1) is 0 Å². The minimum atomic E-state index is -1.60. The van der Waals surface area contributed by atoms with Gasteiger partial charge in [-0.05, 0) is 43.5 Å². The highest BCUT2D eigenvalue weighted by Gasteiger charge is 2.60. The highest BCUT2D eigenvalue weighted by Crippen LogP contribution is 2.59. The fourth-order valence-corrected chi connectivity index (χ4v) is 4.72. The van der Waals surface area contributed by atoms with Gasteiger partial charge in [-0.2, -0.15) is 0 Å². The van der Waals surface area contributed by atoms with E-state index in [9.17, 15) is 9.59 Å². The van der Waals surface area contributed by atoms with Crippen molar-refractivity contribution in [2.45, 2.75) is 26.2 Å². The predicted molar refractivity (Wildman–Crippen MR) is 115 cm³/mol. The molecule has 6 heteroatoms. The molecule has 31 heavy (non-hydrogen) atoms. The van der Waals surface area contributed by atoms with Gasteiger partial charge >= 0.3 is 11.9 Å². The largest absolute Gasteiger partial charge is 0.496 e. The molecule has 1 aliphatic heterocycles. The molecule has 2 aliphatic rings. The number of benzene rings is 2. The molecule has 0 fully saturated rings. The lowest BCUT2D eigenvalue weighted by Gasteiger charge is -2.29. The molecule has 0 saturated heterocycles. The number of hydrogen-bond acceptors (Lipinski definition) is 6. The van der Waals surface area contributed by atoms with E-state index in [1.807, 2.05) is 48.5 Å². The summed E-state index contributed by atoms with van der Waals surface area (Å²) < 4.78 is 22.6. The van der Waals surface area contributed by atoms with Crippen molar-refractivity contribution in [2.75, 3.05) is 26.9 Å². The van der Waals surface area contributed by atoms with E-state index in [0.29, 0.717) is 16.9 Å². The topological polar surface area (TPSA) is 71.1 Å². The molecule has 1 unspecified atom stereocenters. The summed E-state index contributed by atoms with van der Waals surface area (Å²) in [6.45, 7) is 4.05. The maximum Gasteiger partial charge on any atom is 0.328 e.